The molecule has 3 aromatic rings. The maximum absolute atomic E-state index is 12.8. The minimum absolute atomic E-state index is 0.161. The molecule has 0 N–H and O–H groups in total. The molecule has 0 bridgehead atoms. The molecule has 0 saturated carbocycles. The van der Waals surface area contributed by atoms with Crippen LogP contribution in [0.25, 0.3) is 5.69 Å². The number of benzene rings is 2. The van der Waals surface area contributed by atoms with Crippen molar-refractivity contribution in [1.29, 1.82) is 0 Å². The number of ether oxygens (including phenoxy) is 1. The maximum Gasteiger partial charge on any atom is 0.338 e. The highest BCUT2D eigenvalue weighted by Gasteiger charge is 2.27. The first-order valence-electron chi connectivity index (χ1n) is 9.83. The summed E-state index contributed by atoms with van der Waals surface area (Å²) in [5.41, 5.74) is 4.83. The lowest BCUT2D eigenvalue weighted by molar-refractivity contribution is -0.140. The fraction of sp³-hybridized carbons (Fsp3) is 0.250. The lowest BCUT2D eigenvalue weighted by Crippen LogP contribution is -2.42. The number of aromatic nitrogens is 1. The Bertz CT molecular complexity index is 1040. The molecule has 148 valence electrons. The molecule has 1 aromatic heterocycles. The Morgan fingerprint density at radius 3 is 2.48 bits per heavy atom. The van der Waals surface area contributed by atoms with Crippen molar-refractivity contribution in [3.05, 3.63) is 89.2 Å². The first-order chi connectivity index (χ1) is 14.0. The molecule has 5 nitrogen and oxygen atoms in total. The van der Waals surface area contributed by atoms with Gasteiger partial charge in [-0.3, -0.25) is 4.79 Å². The average Bonchev–Trinajstić information content (AvgIpc) is 3.27. The van der Waals surface area contributed by atoms with E-state index in [1.54, 1.807) is 24.0 Å². The molecule has 2 aromatic carbocycles. The van der Waals surface area contributed by atoms with E-state index in [0.717, 1.165) is 23.2 Å². The van der Waals surface area contributed by atoms with Gasteiger partial charge in [0.25, 0.3) is 5.91 Å². The summed E-state index contributed by atoms with van der Waals surface area (Å²) in [6, 6.07) is 17.4. The van der Waals surface area contributed by atoms with E-state index < -0.39 is 12.1 Å². The molecule has 0 fully saturated rings. The molecule has 5 heteroatoms. The van der Waals surface area contributed by atoms with Crippen LogP contribution in [-0.2, 0) is 22.5 Å². The minimum atomic E-state index is -0.830. The summed E-state index contributed by atoms with van der Waals surface area (Å²) in [6.45, 7) is 4.83. The fourth-order valence-electron chi connectivity index (χ4n) is 3.73. The van der Waals surface area contributed by atoms with Crippen molar-refractivity contribution < 1.29 is 14.3 Å². The second kappa shape index (κ2) is 7.95. The van der Waals surface area contributed by atoms with Crippen LogP contribution in [0.1, 0.15) is 34.0 Å². The van der Waals surface area contributed by atoms with Gasteiger partial charge in [-0.1, -0.05) is 30.3 Å². The Balaban J connectivity index is 1.45. The number of rotatable bonds is 4. The molecule has 29 heavy (non-hydrogen) atoms. The molecule has 0 spiro atoms. The number of aryl methyl sites for hydroxylation is 1. The van der Waals surface area contributed by atoms with Gasteiger partial charge in [-0.15, -0.1) is 0 Å². The molecule has 1 unspecified atom stereocenters. The van der Waals surface area contributed by atoms with E-state index in [1.807, 2.05) is 60.3 Å². The number of carbonyl (C=O) groups is 2. The van der Waals surface area contributed by atoms with Crippen LogP contribution in [-0.4, -0.2) is 34.0 Å². The summed E-state index contributed by atoms with van der Waals surface area (Å²) in [4.78, 5) is 27.3. The summed E-state index contributed by atoms with van der Waals surface area (Å²) in [6.07, 6.45) is 3.85. The van der Waals surface area contributed by atoms with Gasteiger partial charge in [0.05, 0.1) is 5.56 Å². The van der Waals surface area contributed by atoms with Crippen LogP contribution in [0.2, 0.25) is 0 Å². The van der Waals surface area contributed by atoms with E-state index in [-0.39, 0.29) is 5.91 Å². The molecule has 1 aliphatic heterocycles. The molecule has 1 atom stereocenters. The average molecular weight is 388 g/mol. The third kappa shape index (κ3) is 3.94. The normalized spacial score (nSPS) is 14.2. The van der Waals surface area contributed by atoms with Crippen LogP contribution in [0.3, 0.4) is 0 Å². The number of fused-ring (bicyclic) bond motifs is 1. The highest BCUT2D eigenvalue weighted by molar-refractivity contribution is 5.93. The first kappa shape index (κ1) is 19.0. The summed E-state index contributed by atoms with van der Waals surface area (Å²) >= 11 is 0. The van der Waals surface area contributed by atoms with E-state index in [0.29, 0.717) is 18.7 Å². The van der Waals surface area contributed by atoms with Crippen LogP contribution in [0, 0.1) is 6.92 Å². The molecule has 0 saturated heterocycles. The topological polar surface area (TPSA) is 51.5 Å². The van der Waals surface area contributed by atoms with Crippen molar-refractivity contribution >= 4 is 11.9 Å². The third-order valence-corrected chi connectivity index (χ3v) is 5.40. The van der Waals surface area contributed by atoms with Crippen LogP contribution in [0.15, 0.2) is 67.0 Å². The zero-order valence-electron chi connectivity index (χ0n) is 16.7. The third-order valence-electron chi connectivity index (χ3n) is 5.40. The summed E-state index contributed by atoms with van der Waals surface area (Å²) in [5.74, 6) is -0.651. The highest BCUT2D eigenvalue weighted by atomic mass is 16.5. The van der Waals surface area contributed by atoms with Crippen LogP contribution in [0.4, 0.5) is 0 Å². The number of carbonyl (C=O) groups excluding carboxylic acids is 2. The first-order valence-corrected chi connectivity index (χ1v) is 9.83. The molecule has 1 aliphatic rings. The number of hydrogen-bond donors (Lipinski definition) is 0. The van der Waals surface area contributed by atoms with Gasteiger partial charge in [0, 0.05) is 31.2 Å². The monoisotopic (exact) mass is 388 g/mol. The van der Waals surface area contributed by atoms with E-state index in [2.05, 4.69) is 6.07 Å². The van der Waals surface area contributed by atoms with Crippen LogP contribution >= 0.6 is 0 Å². The molecule has 0 radical (unpaired) electrons. The standard InChI is InChI=1S/C24H24N2O3/c1-17-9-10-20(15-22(17)25-12-5-6-13-25)24(28)29-18(2)23(27)26-14-11-19-7-3-4-8-21(19)16-26/h3-10,12-13,15,18H,11,14,16H2,1-2H3. The maximum atomic E-state index is 12.8. The Kier molecular flexibility index (Phi) is 5.21. The molecule has 2 heterocycles. The summed E-state index contributed by atoms with van der Waals surface area (Å²) in [7, 11) is 0. The lowest BCUT2D eigenvalue weighted by Gasteiger charge is -2.30. The van der Waals surface area contributed by atoms with Crippen LogP contribution in [0.5, 0.6) is 0 Å². The molecular weight excluding hydrogens is 364 g/mol. The Hall–Kier alpha value is -3.34. The number of amides is 1. The lowest BCUT2D eigenvalue weighted by atomic mass is 9.99. The van der Waals surface area contributed by atoms with Crippen molar-refractivity contribution in [2.75, 3.05) is 6.54 Å². The van der Waals surface area contributed by atoms with Crippen molar-refractivity contribution in [2.24, 2.45) is 0 Å². The van der Waals surface area contributed by atoms with Gasteiger partial charge in [-0.2, -0.15) is 0 Å². The summed E-state index contributed by atoms with van der Waals surface area (Å²) < 4.78 is 7.46. The fourth-order valence-corrected chi connectivity index (χ4v) is 3.73. The molecule has 1 amide bonds. The predicted octanol–water partition coefficient (Wildman–Crippen LogP) is 3.92. The van der Waals surface area contributed by atoms with Gasteiger partial charge < -0.3 is 14.2 Å². The van der Waals surface area contributed by atoms with Crippen molar-refractivity contribution in [2.45, 2.75) is 32.9 Å². The molecule has 0 aliphatic carbocycles. The van der Waals surface area contributed by atoms with Crippen LogP contribution < -0.4 is 0 Å². The quantitative estimate of drug-likeness (QED) is 0.637. The molecular formula is C24H24N2O3. The molecule has 4 rings (SSSR count). The van der Waals surface area contributed by atoms with Gasteiger partial charge >= 0.3 is 5.97 Å². The summed E-state index contributed by atoms with van der Waals surface area (Å²) in [5, 5.41) is 0. The Labute approximate surface area is 170 Å². The zero-order chi connectivity index (χ0) is 20.4. The highest BCUT2D eigenvalue weighted by Crippen LogP contribution is 2.21. The zero-order valence-corrected chi connectivity index (χ0v) is 16.7. The van der Waals surface area contributed by atoms with Gasteiger partial charge in [0.2, 0.25) is 0 Å². The minimum Gasteiger partial charge on any atom is -0.449 e. The number of hydrogen-bond acceptors (Lipinski definition) is 3. The number of esters is 1. The van der Waals surface area contributed by atoms with Gasteiger partial charge in [0.15, 0.2) is 6.10 Å². The van der Waals surface area contributed by atoms with Gasteiger partial charge in [0.1, 0.15) is 0 Å². The number of nitrogens with zero attached hydrogens (tertiary/aromatic N) is 2. The smallest absolute Gasteiger partial charge is 0.338 e. The largest absolute Gasteiger partial charge is 0.449 e. The van der Waals surface area contributed by atoms with Crippen molar-refractivity contribution in [3.8, 4) is 5.69 Å². The van der Waals surface area contributed by atoms with Crippen molar-refractivity contribution in [3.63, 3.8) is 0 Å². The van der Waals surface area contributed by atoms with E-state index >= 15 is 0 Å². The van der Waals surface area contributed by atoms with Crippen molar-refractivity contribution in [1.82, 2.24) is 9.47 Å². The SMILES string of the molecule is Cc1ccc(C(=O)OC(C)C(=O)N2CCc3ccccc3C2)cc1-n1cccc1. The predicted molar refractivity (Wildman–Crippen MR) is 111 cm³/mol. The second-order valence-electron chi connectivity index (χ2n) is 7.42. The Morgan fingerprint density at radius 2 is 1.72 bits per heavy atom. The second-order valence-corrected chi connectivity index (χ2v) is 7.42. The van der Waals surface area contributed by atoms with Gasteiger partial charge in [-0.05, 0) is 61.2 Å². The van der Waals surface area contributed by atoms with E-state index in [9.17, 15) is 9.59 Å². The van der Waals surface area contributed by atoms with E-state index in [4.69, 9.17) is 4.74 Å². The van der Waals surface area contributed by atoms with E-state index in [1.165, 1.54) is 5.56 Å². The van der Waals surface area contributed by atoms with Gasteiger partial charge in [-0.25, -0.2) is 4.79 Å². The Morgan fingerprint density at radius 1 is 1.00 bits per heavy atom.